The van der Waals surface area contributed by atoms with Gasteiger partial charge in [-0.2, -0.15) is 4.98 Å². The molecule has 23 heavy (non-hydrogen) atoms. The number of benzene rings is 1. The summed E-state index contributed by atoms with van der Waals surface area (Å²) < 4.78 is 5.12. The van der Waals surface area contributed by atoms with Crippen molar-refractivity contribution in [2.24, 2.45) is 0 Å². The number of aromatic nitrogens is 3. The van der Waals surface area contributed by atoms with Gasteiger partial charge in [0.05, 0.1) is 10.7 Å². The van der Waals surface area contributed by atoms with Crippen LogP contribution in [-0.4, -0.2) is 21.0 Å². The topological polar surface area (TPSA) is 80.9 Å². The standard InChI is InChI=1S/C16H16N4O2S/c1-4-13-19-15(20-22-13)11-6-5-7-12(8-11)18-16(21)14-9(2)17-10(3)23-14/h5-8H,4H2,1-3H3,(H,18,21). The fourth-order valence-corrected chi connectivity index (χ4v) is 3.00. The second-order valence-electron chi connectivity index (χ2n) is 5.05. The first-order chi connectivity index (χ1) is 11.1. The zero-order valence-corrected chi connectivity index (χ0v) is 13.9. The first kappa shape index (κ1) is 15.4. The summed E-state index contributed by atoms with van der Waals surface area (Å²) in [4.78, 5) is 21.6. The van der Waals surface area contributed by atoms with Crippen molar-refractivity contribution in [1.29, 1.82) is 0 Å². The Hall–Kier alpha value is -2.54. The Balaban J connectivity index is 1.82. The largest absolute Gasteiger partial charge is 0.339 e. The summed E-state index contributed by atoms with van der Waals surface area (Å²) in [5, 5.41) is 7.71. The lowest BCUT2D eigenvalue weighted by atomic mass is 10.2. The van der Waals surface area contributed by atoms with Crippen LogP contribution in [-0.2, 0) is 6.42 Å². The summed E-state index contributed by atoms with van der Waals surface area (Å²) in [6, 6.07) is 7.37. The number of nitrogens with zero attached hydrogens (tertiary/aromatic N) is 3. The van der Waals surface area contributed by atoms with Crippen molar-refractivity contribution >= 4 is 22.9 Å². The molecule has 0 saturated heterocycles. The van der Waals surface area contributed by atoms with Crippen LogP contribution in [0.5, 0.6) is 0 Å². The molecule has 1 amide bonds. The van der Waals surface area contributed by atoms with Gasteiger partial charge in [-0.25, -0.2) is 4.98 Å². The molecule has 0 atom stereocenters. The van der Waals surface area contributed by atoms with E-state index in [1.807, 2.05) is 45.0 Å². The molecule has 1 N–H and O–H groups in total. The summed E-state index contributed by atoms with van der Waals surface area (Å²) in [6.45, 7) is 5.67. The minimum absolute atomic E-state index is 0.160. The maximum atomic E-state index is 12.4. The highest BCUT2D eigenvalue weighted by molar-refractivity contribution is 7.13. The second kappa shape index (κ2) is 6.29. The number of rotatable bonds is 4. The maximum absolute atomic E-state index is 12.4. The van der Waals surface area contributed by atoms with Crippen LogP contribution in [0.3, 0.4) is 0 Å². The zero-order chi connectivity index (χ0) is 16.4. The molecular weight excluding hydrogens is 312 g/mol. The Labute approximate surface area is 137 Å². The van der Waals surface area contributed by atoms with Crippen LogP contribution in [0.1, 0.15) is 33.2 Å². The van der Waals surface area contributed by atoms with Gasteiger partial charge < -0.3 is 9.84 Å². The van der Waals surface area contributed by atoms with Gasteiger partial charge in [-0.15, -0.1) is 11.3 Å². The molecule has 6 nitrogen and oxygen atoms in total. The van der Waals surface area contributed by atoms with Gasteiger partial charge in [0.25, 0.3) is 5.91 Å². The molecule has 0 unspecified atom stereocenters. The van der Waals surface area contributed by atoms with Gasteiger partial charge in [0.2, 0.25) is 11.7 Å². The fraction of sp³-hybridized carbons (Fsp3) is 0.250. The van der Waals surface area contributed by atoms with Crippen molar-refractivity contribution in [3.63, 3.8) is 0 Å². The fourth-order valence-electron chi connectivity index (χ4n) is 2.18. The second-order valence-corrected chi connectivity index (χ2v) is 6.25. The number of aryl methyl sites for hydroxylation is 3. The molecule has 2 aromatic heterocycles. The van der Waals surface area contributed by atoms with Gasteiger partial charge in [0, 0.05) is 17.7 Å². The van der Waals surface area contributed by atoms with E-state index >= 15 is 0 Å². The minimum Gasteiger partial charge on any atom is -0.339 e. The minimum atomic E-state index is -0.160. The first-order valence-corrected chi connectivity index (χ1v) is 8.07. The zero-order valence-electron chi connectivity index (χ0n) is 13.1. The molecule has 2 heterocycles. The molecule has 3 aromatic rings. The maximum Gasteiger partial charge on any atom is 0.267 e. The lowest BCUT2D eigenvalue weighted by Crippen LogP contribution is -2.11. The van der Waals surface area contributed by atoms with Crippen molar-refractivity contribution in [1.82, 2.24) is 15.1 Å². The van der Waals surface area contributed by atoms with Crippen LogP contribution in [0, 0.1) is 13.8 Å². The van der Waals surface area contributed by atoms with Crippen molar-refractivity contribution < 1.29 is 9.32 Å². The van der Waals surface area contributed by atoms with E-state index < -0.39 is 0 Å². The van der Waals surface area contributed by atoms with E-state index in [1.165, 1.54) is 11.3 Å². The molecule has 3 rings (SSSR count). The lowest BCUT2D eigenvalue weighted by Gasteiger charge is -2.05. The van der Waals surface area contributed by atoms with E-state index in [9.17, 15) is 4.79 Å². The predicted octanol–water partition coefficient (Wildman–Crippen LogP) is 3.62. The van der Waals surface area contributed by atoms with Gasteiger partial charge in [-0.05, 0) is 26.0 Å². The lowest BCUT2D eigenvalue weighted by molar-refractivity contribution is 0.103. The average molecular weight is 328 g/mol. The third-order valence-electron chi connectivity index (χ3n) is 3.26. The summed E-state index contributed by atoms with van der Waals surface area (Å²) in [5.74, 6) is 0.945. The normalized spacial score (nSPS) is 10.7. The quantitative estimate of drug-likeness (QED) is 0.791. The van der Waals surface area contributed by atoms with Gasteiger partial charge >= 0.3 is 0 Å². The smallest absolute Gasteiger partial charge is 0.267 e. The van der Waals surface area contributed by atoms with Crippen LogP contribution in [0.4, 0.5) is 5.69 Å². The van der Waals surface area contributed by atoms with Gasteiger partial charge in [-0.1, -0.05) is 24.2 Å². The van der Waals surface area contributed by atoms with Crippen LogP contribution in [0.25, 0.3) is 11.4 Å². The summed E-state index contributed by atoms with van der Waals surface area (Å²) in [5.41, 5.74) is 2.22. The molecular formula is C16H16N4O2S. The third kappa shape index (κ3) is 3.29. The third-order valence-corrected chi connectivity index (χ3v) is 4.33. The number of nitrogens with one attached hydrogen (secondary N) is 1. The number of thiazole rings is 1. The molecule has 0 aliphatic heterocycles. The van der Waals surface area contributed by atoms with E-state index in [2.05, 4.69) is 20.4 Å². The molecule has 0 aliphatic rings. The molecule has 0 spiro atoms. The van der Waals surface area contributed by atoms with Crippen molar-refractivity contribution in [3.05, 3.63) is 45.7 Å². The molecule has 0 radical (unpaired) electrons. The van der Waals surface area contributed by atoms with Crippen LogP contribution in [0.15, 0.2) is 28.8 Å². The van der Waals surface area contributed by atoms with E-state index in [-0.39, 0.29) is 5.91 Å². The Bertz CT molecular complexity index is 853. The molecule has 1 aromatic carbocycles. The Morgan fingerprint density at radius 2 is 2.13 bits per heavy atom. The van der Waals surface area contributed by atoms with Gasteiger partial charge in [0.1, 0.15) is 4.88 Å². The highest BCUT2D eigenvalue weighted by Crippen LogP contribution is 2.22. The summed E-state index contributed by atoms with van der Waals surface area (Å²) in [6.07, 6.45) is 0.688. The molecule has 7 heteroatoms. The molecule has 0 fully saturated rings. The van der Waals surface area contributed by atoms with Crippen LogP contribution in [0.2, 0.25) is 0 Å². The number of anilines is 1. The van der Waals surface area contributed by atoms with E-state index in [4.69, 9.17) is 4.52 Å². The predicted molar refractivity (Wildman–Crippen MR) is 88.7 cm³/mol. The number of amides is 1. The SMILES string of the molecule is CCc1nc(-c2cccc(NC(=O)c3sc(C)nc3C)c2)no1. The molecule has 0 saturated carbocycles. The first-order valence-electron chi connectivity index (χ1n) is 7.25. The molecule has 0 aliphatic carbocycles. The Morgan fingerprint density at radius 1 is 1.30 bits per heavy atom. The van der Waals surface area contributed by atoms with Crippen molar-refractivity contribution in [2.75, 3.05) is 5.32 Å². The summed E-state index contributed by atoms with van der Waals surface area (Å²) >= 11 is 1.39. The highest BCUT2D eigenvalue weighted by Gasteiger charge is 2.14. The Kier molecular flexibility index (Phi) is 4.20. The van der Waals surface area contributed by atoms with E-state index in [0.29, 0.717) is 28.7 Å². The van der Waals surface area contributed by atoms with Crippen LogP contribution >= 0.6 is 11.3 Å². The van der Waals surface area contributed by atoms with Crippen molar-refractivity contribution in [3.8, 4) is 11.4 Å². The number of carbonyl (C=O) groups is 1. The molecule has 118 valence electrons. The highest BCUT2D eigenvalue weighted by atomic mass is 32.1. The monoisotopic (exact) mass is 328 g/mol. The Morgan fingerprint density at radius 3 is 2.78 bits per heavy atom. The summed E-state index contributed by atoms with van der Waals surface area (Å²) in [7, 11) is 0. The van der Waals surface area contributed by atoms with E-state index in [0.717, 1.165) is 16.3 Å². The average Bonchev–Trinajstić information content (AvgIpc) is 3.13. The van der Waals surface area contributed by atoms with Gasteiger partial charge in [0.15, 0.2) is 0 Å². The number of carbonyl (C=O) groups excluding carboxylic acids is 1. The molecule has 0 bridgehead atoms. The number of hydrogen-bond acceptors (Lipinski definition) is 6. The van der Waals surface area contributed by atoms with Crippen LogP contribution < -0.4 is 5.32 Å². The van der Waals surface area contributed by atoms with Crippen molar-refractivity contribution in [2.45, 2.75) is 27.2 Å². The van der Waals surface area contributed by atoms with E-state index in [1.54, 1.807) is 0 Å². The number of hydrogen-bond donors (Lipinski definition) is 1. The van der Waals surface area contributed by atoms with Gasteiger partial charge in [-0.3, -0.25) is 4.79 Å².